The van der Waals surface area contributed by atoms with Crippen LogP contribution >= 0.6 is 11.8 Å². The molecule has 0 radical (unpaired) electrons. The molecule has 0 aromatic carbocycles. The van der Waals surface area contributed by atoms with Crippen LogP contribution in [0, 0.1) is 0 Å². The molecule has 1 amide bonds. The highest BCUT2D eigenvalue weighted by Crippen LogP contribution is 2.02. The summed E-state index contributed by atoms with van der Waals surface area (Å²) in [5.41, 5.74) is 5.74. The van der Waals surface area contributed by atoms with E-state index in [2.05, 4.69) is 9.97 Å². The molecular formula is C9H14N4OS. The predicted molar refractivity (Wildman–Crippen MR) is 61.8 cm³/mol. The molecule has 2 N–H and O–H groups in total. The van der Waals surface area contributed by atoms with Crippen molar-refractivity contribution in [2.24, 2.45) is 0 Å². The summed E-state index contributed by atoms with van der Waals surface area (Å²) in [5, 5.41) is 0. The maximum atomic E-state index is 11.8. The number of anilines is 1. The quantitative estimate of drug-likeness (QED) is 0.809. The summed E-state index contributed by atoms with van der Waals surface area (Å²) < 4.78 is 0. The van der Waals surface area contributed by atoms with Crippen LogP contribution in [-0.4, -0.2) is 46.4 Å². The standard InChI is InChI=1S/C9H14N4OS/c1-13(3-4-15-2)9(14)7-5-11-6-8(10)12-7/h5-6H,3-4H2,1-2H3,(H2,10,12). The van der Waals surface area contributed by atoms with E-state index in [0.29, 0.717) is 12.2 Å². The molecule has 82 valence electrons. The normalized spacial score (nSPS) is 10.0. The Balaban J connectivity index is 2.67. The van der Waals surface area contributed by atoms with E-state index in [9.17, 15) is 4.79 Å². The Morgan fingerprint density at radius 3 is 2.93 bits per heavy atom. The van der Waals surface area contributed by atoms with Gasteiger partial charge in [0.25, 0.3) is 5.91 Å². The lowest BCUT2D eigenvalue weighted by Crippen LogP contribution is -2.29. The van der Waals surface area contributed by atoms with E-state index in [1.165, 1.54) is 12.4 Å². The molecule has 0 spiro atoms. The van der Waals surface area contributed by atoms with Crippen molar-refractivity contribution in [3.8, 4) is 0 Å². The van der Waals surface area contributed by atoms with Crippen molar-refractivity contribution in [2.75, 3.05) is 31.3 Å². The average molecular weight is 226 g/mol. The average Bonchev–Trinajstić information content (AvgIpc) is 2.24. The van der Waals surface area contributed by atoms with E-state index in [1.54, 1.807) is 23.7 Å². The monoisotopic (exact) mass is 226 g/mol. The number of carbonyl (C=O) groups excluding carboxylic acids is 1. The minimum Gasteiger partial charge on any atom is -0.382 e. The summed E-state index contributed by atoms with van der Waals surface area (Å²) in [6, 6.07) is 0. The molecule has 1 aromatic rings. The van der Waals surface area contributed by atoms with Gasteiger partial charge in [-0.1, -0.05) is 0 Å². The Kier molecular flexibility index (Phi) is 4.36. The van der Waals surface area contributed by atoms with Crippen LogP contribution in [0.2, 0.25) is 0 Å². The lowest BCUT2D eigenvalue weighted by Gasteiger charge is -2.15. The maximum Gasteiger partial charge on any atom is 0.273 e. The van der Waals surface area contributed by atoms with Crippen LogP contribution in [0.3, 0.4) is 0 Å². The predicted octanol–water partition coefficient (Wildman–Crippen LogP) is 0.494. The lowest BCUT2D eigenvalue weighted by molar-refractivity contribution is 0.0797. The third-order valence-corrected chi connectivity index (χ3v) is 2.44. The number of rotatable bonds is 4. The van der Waals surface area contributed by atoms with Crippen molar-refractivity contribution in [1.82, 2.24) is 14.9 Å². The Bertz CT molecular complexity index is 345. The fourth-order valence-electron chi connectivity index (χ4n) is 1.01. The molecule has 1 heterocycles. The summed E-state index contributed by atoms with van der Waals surface area (Å²) in [6.45, 7) is 0.691. The fourth-order valence-corrected chi connectivity index (χ4v) is 1.47. The van der Waals surface area contributed by atoms with Gasteiger partial charge in [-0.15, -0.1) is 0 Å². The van der Waals surface area contributed by atoms with Crippen molar-refractivity contribution >= 4 is 23.5 Å². The van der Waals surface area contributed by atoms with E-state index >= 15 is 0 Å². The zero-order chi connectivity index (χ0) is 11.3. The summed E-state index contributed by atoms with van der Waals surface area (Å²) >= 11 is 1.69. The van der Waals surface area contributed by atoms with Gasteiger partial charge in [0.15, 0.2) is 0 Å². The third-order valence-electron chi connectivity index (χ3n) is 1.85. The molecule has 1 rings (SSSR count). The Morgan fingerprint density at radius 2 is 2.33 bits per heavy atom. The zero-order valence-corrected chi connectivity index (χ0v) is 9.62. The smallest absolute Gasteiger partial charge is 0.273 e. The van der Waals surface area contributed by atoms with Gasteiger partial charge in [0, 0.05) is 19.3 Å². The van der Waals surface area contributed by atoms with E-state index in [-0.39, 0.29) is 11.7 Å². The number of aromatic nitrogens is 2. The second-order valence-electron chi connectivity index (χ2n) is 3.05. The number of nitrogen functional groups attached to an aromatic ring is 1. The molecule has 0 saturated heterocycles. The molecule has 0 aliphatic heterocycles. The van der Waals surface area contributed by atoms with E-state index in [0.717, 1.165) is 5.75 Å². The van der Waals surface area contributed by atoms with Gasteiger partial charge in [-0.3, -0.25) is 9.78 Å². The topological polar surface area (TPSA) is 72.1 Å². The molecule has 0 saturated carbocycles. The lowest BCUT2D eigenvalue weighted by atomic mass is 10.4. The number of hydrogen-bond donors (Lipinski definition) is 1. The van der Waals surface area contributed by atoms with Gasteiger partial charge in [-0.25, -0.2) is 4.98 Å². The highest BCUT2D eigenvalue weighted by molar-refractivity contribution is 7.98. The molecule has 6 heteroatoms. The third kappa shape index (κ3) is 3.39. The maximum absolute atomic E-state index is 11.8. The second-order valence-corrected chi connectivity index (χ2v) is 4.03. The van der Waals surface area contributed by atoms with Gasteiger partial charge < -0.3 is 10.6 Å². The van der Waals surface area contributed by atoms with E-state index in [1.807, 2.05) is 6.26 Å². The first kappa shape index (κ1) is 11.8. The van der Waals surface area contributed by atoms with Gasteiger partial charge in [-0.2, -0.15) is 11.8 Å². The second kappa shape index (κ2) is 5.55. The Hall–Kier alpha value is -1.30. The van der Waals surface area contributed by atoms with Gasteiger partial charge in [-0.05, 0) is 6.26 Å². The van der Waals surface area contributed by atoms with Gasteiger partial charge in [0.05, 0.1) is 12.4 Å². The van der Waals surface area contributed by atoms with Gasteiger partial charge in [0.1, 0.15) is 11.5 Å². The largest absolute Gasteiger partial charge is 0.382 e. The summed E-state index contributed by atoms with van der Waals surface area (Å²) in [5.74, 6) is 1.01. The molecule has 0 aliphatic carbocycles. The zero-order valence-electron chi connectivity index (χ0n) is 8.80. The first-order chi connectivity index (χ1) is 7.15. The van der Waals surface area contributed by atoms with Gasteiger partial charge >= 0.3 is 0 Å². The highest BCUT2D eigenvalue weighted by atomic mass is 32.2. The molecule has 15 heavy (non-hydrogen) atoms. The molecule has 0 atom stereocenters. The van der Waals surface area contributed by atoms with Crippen LogP contribution in [0.4, 0.5) is 5.82 Å². The summed E-state index contributed by atoms with van der Waals surface area (Å²) in [6.07, 6.45) is 4.84. The molecule has 0 aliphatic rings. The molecule has 0 fully saturated rings. The summed E-state index contributed by atoms with van der Waals surface area (Å²) in [4.78, 5) is 21.1. The number of carbonyl (C=O) groups is 1. The number of nitrogens with zero attached hydrogens (tertiary/aromatic N) is 3. The molecular weight excluding hydrogens is 212 g/mol. The highest BCUT2D eigenvalue weighted by Gasteiger charge is 2.12. The minimum absolute atomic E-state index is 0.149. The molecule has 0 bridgehead atoms. The van der Waals surface area contributed by atoms with Crippen molar-refractivity contribution < 1.29 is 4.79 Å². The summed E-state index contributed by atoms with van der Waals surface area (Å²) in [7, 11) is 1.74. The van der Waals surface area contributed by atoms with Crippen molar-refractivity contribution in [3.05, 3.63) is 18.1 Å². The SMILES string of the molecule is CSCCN(C)C(=O)c1cncc(N)n1. The molecule has 1 aromatic heterocycles. The van der Waals surface area contributed by atoms with Crippen molar-refractivity contribution in [3.63, 3.8) is 0 Å². The first-order valence-electron chi connectivity index (χ1n) is 4.47. The Labute approximate surface area is 93.1 Å². The van der Waals surface area contributed by atoms with Crippen molar-refractivity contribution in [2.45, 2.75) is 0 Å². The number of hydrogen-bond acceptors (Lipinski definition) is 5. The van der Waals surface area contributed by atoms with Crippen LogP contribution in [0.15, 0.2) is 12.4 Å². The number of thioether (sulfide) groups is 1. The molecule has 5 nitrogen and oxygen atoms in total. The van der Waals surface area contributed by atoms with Crippen LogP contribution in [0.25, 0.3) is 0 Å². The van der Waals surface area contributed by atoms with Crippen LogP contribution < -0.4 is 5.73 Å². The van der Waals surface area contributed by atoms with E-state index < -0.39 is 0 Å². The fraction of sp³-hybridized carbons (Fsp3) is 0.444. The Morgan fingerprint density at radius 1 is 1.60 bits per heavy atom. The first-order valence-corrected chi connectivity index (χ1v) is 5.86. The number of nitrogens with two attached hydrogens (primary N) is 1. The van der Waals surface area contributed by atoms with Crippen LogP contribution in [0.1, 0.15) is 10.5 Å². The van der Waals surface area contributed by atoms with Crippen molar-refractivity contribution in [1.29, 1.82) is 0 Å². The van der Waals surface area contributed by atoms with Crippen LogP contribution in [0.5, 0.6) is 0 Å². The van der Waals surface area contributed by atoms with Gasteiger partial charge in [0.2, 0.25) is 0 Å². The van der Waals surface area contributed by atoms with E-state index in [4.69, 9.17) is 5.73 Å². The van der Waals surface area contributed by atoms with Crippen LogP contribution in [-0.2, 0) is 0 Å². The number of amides is 1. The molecule has 0 unspecified atom stereocenters. The minimum atomic E-state index is -0.149.